The Morgan fingerprint density at radius 3 is 2.43 bits per heavy atom. The van der Waals surface area contributed by atoms with Crippen LogP contribution in [0.15, 0.2) is 48.5 Å². The van der Waals surface area contributed by atoms with E-state index in [0.29, 0.717) is 22.9 Å². The Balaban J connectivity index is 1.80. The van der Waals surface area contributed by atoms with Crippen LogP contribution in [0.3, 0.4) is 0 Å². The van der Waals surface area contributed by atoms with Gasteiger partial charge in [-0.25, -0.2) is 4.79 Å². The van der Waals surface area contributed by atoms with Gasteiger partial charge in [-0.1, -0.05) is 29.8 Å². The molecule has 23 heavy (non-hydrogen) atoms. The van der Waals surface area contributed by atoms with Crippen molar-refractivity contribution in [2.45, 2.75) is 6.54 Å². The molecule has 1 N–H and O–H groups in total. The normalized spacial score (nSPS) is 10.0. The van der Waals surface area contributed by atoms with Crippen LogP contribution in [-0.2, 0) is 16.1 Å². The molecule has 6 heteroatoms. The molecule has 0 bridgehead atoms. The van der Waals surface area contributed by atoms with Gasteiger partial charge in [-0.2, -0.15) is 0 Å². The Labute approximate surface area is 139 Å². The molecule has 0 saturated heterocycles. The average Bonchev–Trinajstić information content (AvgIpc) is 2.59. The Bertz CT molecular complexity index is 685. The Hall–Kier alpha value is -2.53. The number of carbonyl (C=O) groups is 2. The van der Waals surface area contributed by atoms with Crippen molar-refractivity contribution < 1.29 is 19.1 Å². The quantitative estimate of drug-likeness (QED) is 0.826. The highest BCUT2D eigenvalue weighted by Gasteiger charge is 2.07. The molecule has 0 unspecified atom stereocenters. The number of rotatable bonds is 6. The second-order valence-electron chi connectivity index (χ2n) is 4.67. The number of ether oxygens (including phenoxy) is 2. The number of esters is 1. The van der Waals surface area contributed by atoms with E-state index in [1.54, 1.807) is 30.3 Å². The molecule has 0 aromatic heterocycles. The molecule has 2 rings (SSSR count). The van der Waals surface area contributed by atoms with Gasteiger partial charge in [-0.15, -0.1) is 0 Å². The topological polar surface area (TPSA) is 64.6 Å². The summed E-state index contributed by atoms with van der Waals surface area (Å²) in [6.07, 6.45) is 0. The number of hydrogen-bond acceptors (Lipinski definition) is 4. The summed E-state index contributed by atoms with van der Waals surface area (Å²) >= 11 is 6.01. The van der Waals surface area contributed by atoms with Crippen molar-refractivity contribution in [3.63, 3.8) is 0 Å². The van der Waals surface area contributed by atoms with Gasteiger partial charge in [-0.05, 0) is 35.9 Å². The number of carbonyl (C=O) groups excluding carboxylic acids is 2. The maximum atomic E-state index is 11.8. The SMILES string of the molecule is COC(=O)c1ccc(OCC(=O)NCc2ccccc2Cl)cc1. The molecule has 120 valence electrons. The first kappa shape index (κ1) is 16.8. The third kappa shape index (κ3) is 5.00. The zero-order valence-corrected chi connectivity index (χ0v) is 13.3. The third-order valence-corrected chi connectivity index (χ3v) is 3.45. The van der Waals surface area contributed by atoms with E-state index in [-0.39, 0.29) is 12.5 Å². The van der Waals surface area contributed by atoms with Gasteiger partial charge >= 0.3 is 5.97 Å². The zero-order valence-electron chi connectivity index (χ0n) is 12.5. The summed E-state index contributed by atoms with van der Waals surface area (Å²) in [7, 11) is 1.32. The van der Waals surface area contributed by atoms with E-state index in [1.165, 1.54) is 7.11 Å². The molecule has 0 radical (unpaired) electrons. The lowest BCUT2D eigenvalue weighted by atomic mass is 10.2. The van der Waals surface area contributed by atoms with Gasteiger partial charge in [0.25, 0.3) is 5.91 Å². The Morgan fingerprint density at radius 2 is 1.78 bits per heavy atom. The summed E-state index contributed by atoms with van der Waals surface area (Å²) in [6.45, 7) is 0.213. The maximum Gasteiger partial charge on any atom is 0.337 e. The molecule has 2 aromatic rings. The van der Waals surface area contributed by atoms with E-state index in [1.807, 2.05) is 18.2 Å². The summed E-state index contributed by atoms with van der Waals surface area (Å²) in [6, 6.07) is 13.6. The number of methoxy groups -OCH3 is 1. The van der Waals surface area contributed by atoms with Crippen LogP contribution >= 0.6 is 11.6 Å². The molecular weight excluding hydrogens is 318 g/mol. The smallest absolute Gasteiger partial charge is 0.337 e. The second kappa shape index (κ2) is 8.19. The lowest BCUT2D eigenvalue weighted by Crippen LogP contribution is -2.28. The molecule has 1 amide bonds. The van der Waals surface area contributed by atoms with E-state index < -0.39 is 5.97 Å². The maximum absolute atomic E-state index is 11.8. The van der Waals surface area contributed by atoms with E-state index in [9.17, 15) is 9.59 Å². The third-order valence-electron chi connectivity index (χ3n) is 3.08. The zero-order chi connectivity index (χ0) is 16.7. The van der Waals surface area contributed by atoms with E-state index in [2.05, 4.69) is 10.1 Å². The predicted octanol–water partition coefficient (Wildman–Crippen LogP) is 2.82. The number of hydrogen-bond donors (Lipinski definition) is 1. The van der Waals surface area contributed by atoms with Gasteiger partial charge in [0.2, 0.25) is 0 Å². The van der Waals surface area contributed by atoms with Crippen molar-refractivity contribution in [1.29, 1.82) is 0 Å². The summed E-state index contributed by atoms with van der Waals surface area (Å²) in [5.74, 6) is -0.193. The highest BCUT2D eigenvalue weighted by molar-refractivity contribution is 6.31. The summed E-state index contributed by atoms with van der Waals surface area (Å²) in [4.78, 5) is 23.1. The van der Waals surface area contributed by atoms with Gasteiger partial charge < -0.3 is 14.8 Å². The highest BCUT2D eigenvalue weighted by atomic mass is 35.5. The van der Waals surface area contributed by atoms with Crippen LogP contribution in [-0.4, -0.2) is 25.6 Å². The van der Waals surface area contributed by atoms with Crippen LogP contribution in [0.2, 0.25) is 5.02 Å². The minimum atomic E-state index is -0.422. The fourth-order valence-corrected chi connectivity index (χ4v) is 2.04. The van der Waals surface area contributed by atoms with Crippen molar-refractivity contribution in [2.75, 3.05) is 13.7 Å². The first-order chi connectivity index (χ1) is 11.1. The molecule has 2 aromatic carbocycles. The van der Waals surface area contributed by atoms with Gasteiger partial charge in [0.1, 0.15) is 5.75 Å². The van der Waals surface area contributed by atoms with E-state index in [4.69, 9.17) is 16.3 Å². The molecule has 0 saturated carbocycles. The predicted molar refractivity (Wildman–Crippen MR) is 86.6 cm³/mol. The number of halogens is 1. The van der Waals surface area contributed by atoms with Crippen molar-refractivity contribution in [1.82, 2.24) is 5.32 Å². The monoisotopic (exact) mass is 333 g/mol. The lowest BCUT2D eigenvalue weighted by Gasteiger charge is -2.09. The first-order valence-electron chi connectivity index (χ1n) is 6.91. The summed E-state index contributed by atoms with van der Waals surface area (Å²) in [5.41, 5.74) is 1.26. The highest BCUT2D eigenvalue weighted by Crippen LogP contribution is 2.15. The Kier molecular flexibility index (Phi) is 6.00. The second-order valence-corrected chi connectivity index (χ2v) is 5.08. The molecule has 0 aliphatic carbocycles. The van der Waals surface area contributed by atoms with Crippen LogP contribution in [0, 0.1) is 0 Å². The van der Waals surface area contributed by atoms with Crippen LogP contribution in [0.5, 0.6) is 5.75 Å². The molecule has 0 fully saturated rings. The fourth-order valence-electron chi connectivity index (χ4n) is 1.84. The van der Waals surface area contributed by atoms with E-state index in [0.717, 1.165) is 5.56 Å². The standard InChI is InChI=1S/C17H16ClNO4/c1-22-17(21)12-6-8-14(9-7-12)23-11-16(20)19-10-13-4-2-3-5-15(13)18/h2-9H,10-11H2,1H3,(H,19,20). The van der Waals surface area contributed by atoms with Crippen LogP contribution in [0.25, 0.3) is 0 Å². The first-order valence-corrected chi connectivity index (χ1v) is 7.29. The average molecular weight is 334 g/mol. The molecular formula is C17H16ClNO4. The summed E-state index contributed by atoms with van der Waals surface area (Å²) < 4.78 is 9.96. The molecule has 0 aliphatic heterocycles. The molecule has 0 atom stereocenters. The minimum Gasteiger partial charge on any atom is -0.484 e. The fraction of sp³-hybridized carbons (Fsp3) is 0.176. The molecule has 0 heterocycles. The van der Waals surface area contributed by atoms with Gasteiger partial charge in [0.05, 0.1) is 12.7 Å². The largest absolute Gasteiger partial charge is 0.484 e. The van der Waals surface area contributed by atoms with Crippen LogP contribution in [0.4, 0.5) is 0 Å². The van der Waals surface area contributed by atoms with Crippen molar-refractivity contribution in [3.05, 3.63) is 64.7 Å². The number of nitrogens with one attached hydrogen (secondary N) is 1. The summed E-state index contributed by atoms with van der Waals surface area (Å²) in [5, 5.41) is 3.33. The van der Waals surface area contributed by atoms with Crippen molar-refractivity contribution >= 4 is 23.5 Å². The van der Waals surface area contributed by atoms with Gasteiger partial charge in [0, 0.05) is 11.6 Å². The molecule has 5 nitrogen and oxygen atoms in total. The minimum absolute atomic E-state index is 0.123. The molecule has 0 aliphatic rings. The van der Waals surface area contributed by atoms with Crippen LogP contribution in [0.1, 0.15) is 15.9 Å². The van der Waals surface area contributed by atoms with Gasteiger partial charge in [0.15, 0.2) is 6.61 Å². The Morgan fingerprint density at radius 1 is 1.09 bits per heavy atom. The number of amides is 1. The van der Waals surface area contributed by atoms with Crippen molar-refractivity contribution in [3.8, 4) is 5.75 Å². The lowest BCUT2D eigenvalue weighted by molar-refractivity contribution is -0.123. The van der Waals surface area contributed by atoms with Crippen molar-refractivity contribution in [2.24, 2.45) is 0 Å². The molecule has 0 spiro atoms. The van der Waals surface area contributed by atoms with Gasteiger partial charge in [-0.3, -0.25) is 4.79 Å². The van der Waals surface area contributed by atoms with E-state index >= 15 is 0 Å². The number of benzene rings is 2. The van der Waals surface area contributed by atoms with Crippen LogP contribution < -0.4 is 10.1 Å².